The van der Waals surface area contributed by atoms with Gasteiger partial charge in [-0.1, -0.05) is 41.1 Å². The van der Waals surface area contributed by atoms with E-state index in [9.17, 15) is 0 Å². The van der Waals surface area contributed by atoms with E-state index in [-0.39, 0.29) is 0 Å². The first-order valence-corrected chi connectivity index (χ1v) is 10.7. The van der Waals surface area contributed by atoms with E-state index in [2.05, 4.69) is 39.3 Å². The van der Waals surface area contributed by atoms with Crippen LogP contribution in [0.25, 0.3) is 0 Å². The number of hydrogen-bond donors (Lipinski definition) is 1. The summed E-state index contributed by atoms with van der Waals surface area (Å²) in [4.78, 5) is 4.88. The van der Waals surface area contributed by atoms with Gasteiger partial charge in [0.15, 0.2) is 3.95 Å². The summed E-state index contributed by atoms with van der Waals surface area (Å²) < 4.78 is 7.75. The maximum atomic E-state index is 6.37. The predicted molar refractivity (Wildman–Crippen MR) is 114 cm³/mol. The first-order chi connectivity index (χ1) is 13.1. The number of methoxy groups -OCH3 is 1. The van der Waals surface area contributed by atoms with E-state index < -0.39 is 0 Å². The number of ether oxygens (including phenoxy) is 1. The molecule has 2 aromatic rings. The van der Waals surface area contributed by atoms with Crippen molar-refractivity contribution in [3.05, 3.63) is 38.8 Å². The van der Waals surface area contributed by atoms with Crippen molar-refractivity contribution in [1.29, 1.82) is 0 Å². The van der Waals surface area contributed by atoms with E-state index in [0.29, 0.717) is 12.6 Å². The van der Waals surface area contributed by atoms with Gasteiger partial charge < -0.3 is 10.1 Å². The van der Waals surface area contributed by atoms with Crippen LogP contribution in [0.3, 0.4) is 0 Å². The fourth-order valence-electron chi connectivity index (χ4n) is 3.22. The van der Waals surface area contributed by atoms with Gasteiger partial charge in [0.2, 0.25) is 5.13 Å². The summed E-state index contributed by atoms with van der Waals surface area (Å²) >= 11 is 13.3. The molecule has 1 unspecified atom stereocenters. The minimum absolute atomic E-state index is 0.318. The second kappa shape index (κ2) is 9.95. The summed E-state index contributed by atoms with van der Waals surface area (Å²) in [5.41, 5.74) is 1.20. The van der Waals surface area contributed by atoms with E-state index in [4.69, 9.17) is 28.6 Å². The maximum Gasteiger partial charge on any atom is 0.204 e. The average molecular weight is 428 g/mol. The first kappa shape index (κ1) is 20.7. The Morgan fingerprint density at radius 3 is 2.74 bits per heavy atom. The SMILES string of the molecule is COCCNc1nn(CN2CCN(C(C)c3ccccc3Cl)CC2)c(=S)s1. The molecule has 0 aliphatic carbocycles. The van der Waals surface area contributed by atoms with Crippen LogP contribution in [0.5, 0.6) is 0 Å². The minimum Gasteiger partial charge on any atom is -0.383 e. The largest absolute Gasteiger partial charge is 0.383 e. The molecule has 1 aromatic heterocycles. The Labute approximate surface area is 174 Å². The summed E-state index contributed by atoms with van der Waals surface area (Å²) in [5.74, 6) is 0. The van der Waals surface area contributed by atoms with E-state index in [0.717, 1.165) is 53.5 Å². The number of benzene rings is 1. The predicted octanol–water partition coefficient (Wildman–Crippen LogP) is 3.72. The molecule has 1 saturated heterocycles. The van der Waals surface area contributed by atoms with Crippen molar-refractivity contribution in [3.8, 4) is 0 Å². The molecule has 0 bridgehead atoms. The van der Waals surface area contributed by atoms with Gasteiger partial charge in [-0.15, -0.1) is 5.10 Å². The Morgan fingerprint density at radius 2 is 2.04 bits per heavy atom. The second-order valence-corrected chi connectivity index (χ2v) is 8.61. The first-order valence-electron chi connectivity index (χ1n) is 9.10. The number of halogens is 1. The van der Waals surface area contributed by atoms with Crippen LogP contribution in [0.4, 0.5) is 5.13 Å². The molecule has 27 heavy (non-hydrogen) atoms. The van der Waals surface area contributed by atoms with Crippen molar-refractivity contribution in [1.82, 2.24) is 19.6 Å². The molecule has 2 heterocycles. The highest BCUT2D eigenvalue weighted by atomic mass is 35.5. The number of rotatable bonds is 8. The van der Waals surface area contributed by atoms with E-state index >= 15 is 0 Å². The van der Waals surface area contributed by atoms with Crippen LogP contribution in [0.1, 0.15) is 18.5 Å². The van der Waals surface area contributed by atoms with Gasteiger partial charge >= 0.3 is 0 Å². The summed E-state index contributed by atoms with van der Waals surface area (Å²) in [7, 11) is 1.69. The Kier molecular flexibility index (Phi) is 7.63. The normalized spacial score (nSPS) is 17.1. The van der Waals surface area contributed by atoms with Crippen molar-refractivity contribution < 1.29 is 4.74 Å². The summed E-state index contributed by atoms with van der Waals surface area (Å²) in [6.45, 7) is 8.32. The molecule has 1 aliphatic heterocycles. The van der Waals surface area contributed by atoms with Crippen LogP contribution in [0.15, 0.2) is 24.3 Å². The zero-order valence-electron chi connectivity index (χ0n) is 15.7. The van der Waals surface area contributed by atoms with E-state index in [1.165, 1.54) is 16.9 Å². The molecule has 1 fully saturated rings. The van der Waals surface area contributed by atoms with Crippen LogP contribution in [-0.2, 0) is 11.4 Å². The zero-order valence-corrected chi connectivity index (χ0v) is 18.1. The third-order valence-electron chi connectivity index (χ3n) is 4.83. The number of piperazine rings is 1. The average Bonchev–Trinajstić information content (AvgIpc) is 3.02. The lowest BCUT2D eigenvalue weighted by atomic mass is 10.1. The molecular weight excluding hydrogens is 402 g/mol. The fraction of sp³-hybridized carbons (Fsp3) is 0.556. The smallest absolute Gasteiger partial charge is 0.204 e. The van der Waals surface area contributed by atoms with Gasteiger partial charge in [-0.25, -0.2) is 4.68 Å². The fourth-order valence-corrected chi connectivity index (χ4v) is 4.53. The quantitative estimate of drug-likeness (QED) is 0.511. The van der Waals surface area contributed by atoms with Gasteiger partial charge in [-0.2, -0.15) is 0 Å². The molecule has 1 aromatic carbocycles. The molecule has 0 radical (unpaired) electrons. The molecule has 9 heteroatoms. The Morgan fingerprint density at radius 1 is 1.30 bits per heavy atom. The summed E-state index contributed by atoms with van der Waals surface area (Å²) in [6.07, 6.45) is 0. The van der Waals surface area contributed by atoms with Gasteiger partial charge in [0, 0.05) is 50.9 Å². The lowest BCUT2D eigenvalue weighted by Gasteiger charge is -2.38. The van der Waals surface area contributed by atoms with Gasteiger partial charge in [0.25, 0.3) is 0 Å². The van der Waals surface area contributed by atoms with Crippen molar-refractivity contribution in [2.24, 2.45) is 0 Å². The highest BCUT2D eigenvalue weighted by molar-refractivity contribution is 7.73. The molecule has 1 aliphatic rings. The standard InChI is InChI=1S/C18H26ClN5OS2/c1-14(15-5-3-4-6-16(15)19)23-10-8-22(9-11-23)13-24-18(26)27-17(21-24)20-7-12-25-2/h3-6,14H,7-13H2,1-2H3,(H,20,21). The van der Waals surface area contributed by atoms with Crippen LogP contribution in [-0.4, -0.2) is 66.0 Å². The number of anilines is 1. The van der Waals surface area contributed by atoms with E-state index in [1.807, 2.05) is 16.8 Å². The lowest BCUT2D eigenvalue weighted by molar-refractivity contribution is 0.0792. The summed E-state index contributed by atoms with van der Waals surface area (Å²) in [6, 6.07) is 8.43. The van der Waals surface area contributed by atoms with Crippen molar-refractivity contribution >= 4 is 40.3 Å². The lowest BCUT2D eigenvalue weighted by Crippen LogP contribution is -2.47. The van der Waals surface area contributed by atoms with Gasteiger partial charge in [-0.05, 0) is 30.8 Å². The second-order valence-electron chi connectivity index (χ2n) is 6.59. The van der Waals surface area contributed by atoms with Crippen molar-refractivity contribution in [2.75, 3.05) is 51.8 Å². The Balaban J connectivity index is 1.52. The van der Waals surface area contributed by atoms with Crippen LogP contribution < -0.4 is 5.32 Å². The van der Waals surface area contributed by atoms with E-state index in [1.54, 1.807) is 7.11 Å². The molecule has 1 atom stereocenters. The monoisotopic (exact) mass is 427 g/mol. The maximum absolute atomic E-state index is 6.37. The highest BCUT2D eigenvalue weighted by Gasteiger charge is 2.23. The van der Waals surface area contributed by atoms with Crippen LogP contribution in [0.2, 0.25) is 5.02 Å². The highest BCUT2D eigenvalue weighted by Crippen LogP contribution is 2.27. The van der Waals surface area contributed by atoms with Crippen molar-refractivity contribution in [2.45, 2.75) is 19.6 Å². The number of aromatic nitrogens is 2. The molecule has 0 amide bonds. The molecule has 6 nitrogen and oxygen atoms in total. The molecule has 3 rings (SSSR count). The van der Waals surface area contributed by atoms with Crippen LogP contribution in [0, 0.1) is 3.95 Å². The van der Waals surface area contributed by atoms with Gasteiger partial charge in [0.05, 0.1) is 13.3 Å². The van der Waals surface area contributed by atoms with Gasteiger partial charge in [-0.3, -0.25) is 9.80 Å². The van der Waals surface area contributed by atoms with Gasteiger partial charge in [0.1, 0.15) is 0 Å². The Hall–Kier alpha value is -1.03. The number of nitrogens with one attached hydrogen (secondary N) is 1. The molecule has 0 saturated carbocycles. The minimum atomic E-state index is 0.318. The Bertz CT molecular complexity index is 788. The van der Waals surface area contributed by atoms with Crippen LogP contribution >= 0.6 is 35.2 Å². The van der Waals surface area contributed by atoms with Crippen molar-refractivity contribution in [3.63, 3.8) is 0 Å². The zero-order chi connectivity index (χ0) is 19.2. The topological polar surface area (TPSA) is 45.6 Å². The molecule has 0 spiro atoms. The number of hydrogen-bond acceptors (Lipinski definition) is 7. The molecule has 148 valence electrons. The number of nitrogens with zero attached hydrogens (tertiary/aromatic N) is 4. The third-order valence-corrected chi connectivity index (χ3v) is 6.44. The summed E-state index contributed by atoms with van der Waals surface area (Å²) in [5, 5.41) is 9.52. The third kappa shape index (κ3) is 5.49. The molecule has 1 N–H and O–H groups in total. The molecular formula is C18H26ClN5OS2.